The molecule has 3 heteroatoms. The number of benzene rings is 1. The van der Waals surface area contributed by atoms with E-state index < -0.39 is 0 Å². The summed E-state index contributed by atoms with van der Waals surface area (Å²) in [7, 11) is 0. The van der Waals surface area contributed by atoms with Crippen LogP contribution in [-0.4, -0.2) is 12.7 Å². The summed E-state index contributed by atoms with van der Waals surface area (Å²) >= 11 is 0. The quantitative estimate of drug-likeness (QED) is 0.577. The van der Waals surface area contributed by atoms with Crippen LogP contribution in [0, 0.1) is 0 Å². The number of isocyanates is 1. The van der Waals surface area contributed by atoms with Gasteiger partial charge in [-0.2, -0.15) is 4.99 Å². The topological polar surface area (TPSA) is 38.7 Å². The average molecular weight is 229 g/mol. The predicted molar refractivity (Wildman–Crippen MR) is 63.9 cm³/mol. The number of hydrogen-bond acceptors (Lipinski definition) is 3. The molecule has 0 saturated heterocycles. The lowest BCUT2D eigenvalue weighted by atomic mass is 9.87. The second kappa shape index (κ2) is 4.01. The highest BCUT2D eigenvalue weighted by atomic mass is 16.5. The Labute approximate surface area is 101 Å². The molecule has 0 aromatic heterocycles. The molecule has 1 aliphatic carbocycles. The summed E-state index contributed by atoms with van der Waals surface area (Å²) in [5.41, 5.74) is 2.09. The van der Waals surface area contributed by atoms with Gasteiger partial charge in [-0.3, -0.25) is 0 Å². The van der Waals surface area contributed by atoms with E-state index in [1.54, 1.807) is 6.08 Å². The molecule has 2 aliphatic rings. The van der Waals surface area contributed by atoms with Crippen LogP contribution >= 0.6 is 0 Å². The number of hydrogen-bond donors (Lipinski definition) is 0. The number of ether oxygens (including phenoxy) is 1. The average Bonchev–Trinajstić information content (AvgIpc) is 2.96. The van der Waals surface area contributed by atoms with Crippen molar-refractivity contribution in [3.63, 3.8) is 0 Å². The van der Waals surface area contributed by atoms with Crippen molar-refractivity contribution in [1.82, 2.24) is 0 Å². The molecule has 0 bridgehead atoms. The molecule has 17 heavy (non-hydrogen) atoms. The van der Waals surface area contributed by atoms with Gasteiger partial charge in [0, 0.05) is 6.42 Å². The van der Waals surface area contributed by atoms with Crippen LogP contribution < -0.4 is 4.74 Å². The Kier molecular flexibility index (Phi) is 2.49. The van der Waals surface area contributed by atoms with E-state index >= 15 is 0 Å². The Hall–Kier alpha value is -1.60. The monoisotopic (exact) mass is 229 g/mol. The first-order valence-corrected chi connectivity index (χ1v) is 6.19. The van der Waals surface area contributed by atoms with E-state index in [0.29, 0.717) is 0 Å². The van der Waals surface area contributed by atoms with Gasteiger partial charge in [0.25, 0.3) is 0 Å². The number of nitrogens with zero attached hydrogens (tertiary/aromatic N) is 1. The second-order valence-electron chi connectivity index (χ2n) is 4.86. The van der Waals surface area contributed by atoms with Crippen LogP contribution in [0.5, 0.6) is 5.75 Å². The van der Waals surface area contributed by atoms with Gasteiger partial charge < -0.3 is 4.74 Å². The normalized spacial score (nSPS) is 20.5. The lowest BCUT2D eigenvalue weighted by Gasteiger charge is -2.23. The van der Waals surface area contributed by atoms with Crippen LogP contribution in [0.4, 0.5) is 0 Å². The first kappa shape index (κ1) is 10.5. The zero-order valence-electron chi connectivity index (χ0n) is 9.74. The molecular formula is C14H15NO2. The molecule has 0 atom stereocenters. The molecular weight excluding hydrogens is 214 g/mol. The van der Waals surface area contributed by atoms with Gasteiger partial charge in [-0.1, -0.05) is 18.9 Å². The van der Waals surface area contributed by atoms with E-state index in [9.17, 15) is 4.79 Å². The molecule has 0 radical (unpaired) electrons. The fourth-order valence-corrected chi connectivity index (χ4v) is 2.99. The molecule has 1 aliphatic heterocycles. The van der Waals surface area contributed by atoms with E-state index in [1.807, 2.05) is 6.07 Å². The molecule has 0 unspecified atom stereocenters. The van der Waals surface area contributed by atoms with Crippen LogP contribution in [0.15, 0.2) is 23.2 Å². The smallest absolute Gasteiger partial charge is 0.235 e. The van der Waals surface area contributed by atoms with Gasteiger partial charge in [-0.15, -0.1) is 0 Å². The Morgan fingerprint density at radius 1 is 1.29 bits per heavy atom. The van der Waals surface area contributed by atoms with Crippen LogP contribution in [-0.2, 0) is 16.8 Å². The van der Waals surface area contributed by atoms with Gasteiger partial charge in [-0.05, 0) is 36.1 Å². The summed E-state index contributed by atoms with van der Waals surface area (Å²) in [5, 5.41) is 0. The third-order valence-corrected chi connectivity index (χ3v) is 3.92. The highest BCUT2D eigenvalue weighted by Crippen LogP contribution is 2.43. The molecule has 1 aromatic carbocycles. The minimum atomic E-state index is -0.306. The maximum Gasteiger partial charge on any atom is 0.235 e. The van der Waals surface area contributed by atoms with Crippen LogP contribution in [0.1, 0.15) is 36.8 Å². The third kappa shape index (κ3) is 1.67. The molecule has 3 nitrogen and oxygen atoms in total. The summed E-state index contributed by atoms with van der Waals surface area (Å²) in [6, 6.07) is 6.23. The maximum atomic E-state index is 10.7. The van der Waals surface area contributed by atoms with Gasteiger partial charge in [0.15, 0.2) is 0 Å². The molecule has 1 saturated carbocycles. The Morgan fingerprint density at radius 3 is 2.88 bits per heavy atom. The van der Waals surface area contributed by atoms with Gasteiger partial charge in [0.2, 0.25) is 6.08 Å². The molecule has 0 N–H and O–H groups in total. The van der Waals surface area contributed by atoms with Crippen LogP contribution in [0.3, 0.4) is 0 Å². The standard InChI is InChI=1S/C14H15NO2/c16-10-15-14(6-1-2-7-14)12-3-4-13-11(9-12)5-8-17-13/h3-4,9H,1-2,5-8H2. The highest BCUT2D eigenvalue weighted by molar-refractivity contribution is 5.45. The Morgan fingerprint density at radius 2 is 2.12 bits per heavy atom. The zero-order chi connectivity index (χ0) is 11.7. The molecule has 1 heterocycles. The summed E-state index contributed by atoms with van der Waals surface area (Å²) < 4.78 is 5.50. The summed E-state index contributed by atoms with van der Waals surface area (Å²) in [5.74, 6) is 0.983. The van der Waals surface area contributed by atoms with E-state index in [0.717, 1.165) is 50.0 Å². The summed E-state index contributed by atoms with van der Waals surface area (Å²) in [6.07, 6.45) is 6.92. The van der Waals surface area contributed by atoms with E-state index in [2.05, 4.69) is 17.1 Å². The van der Waals surface area contributed by atoms with Crippen molar-refractivity contribution in [2.24, 2.45) is 4.99 Å². The van der Waals surface area contributed by atoms with Crippen molar-refractivity contribution in [1.29, 1.82) is 0 Å². The van der Waals surface area contributed by atoms with E-state index in [4.69, 9.17) is 4.74 Å². The first-order chi connectivity index (χ1) is 8.34. The molecule has 3 rings (SSSR count). The van der Waals surface area contributed by atoms with Crippen molar-refractivity contribution in [3.8, 4) is 5.75 Å². The summed E-state index contributed by atoms with van der Waals surface area (Å²) in [4.78, 5) is 14.8. The largest absolute Gasteiger partial charge is 0.493 e. The summed E-state index contributed by atoms with van der Waals surface area (Å²) in [6.45, 7) is 0.767. The zero-order valence-corrected chi connectivity index (χ0v) is 9.74. The molecule has 88 valence electrons. The number of aliphatic imine (C=N–C) groups is 1. The SMILES string of the molecule is O=C=NC1(c2ccc3c(c2)CCO3)CCCC1. The Balaban J connectivity index is 2.04. The molecule has 0 spiro atoms. The van der Waals surface area contributed by atoms with Crippen molar-refractivity contribution in [2.75, 3.05) is 6.61 Å². The van der Waals surface area contributed by atoms with Crippen molar-refractivity contribution >= 4 is 6.08 Å². The minimum Gasteiger partial charge on any atom is -0.493 e. The van der Waals surface area contributed by atoms with Gasteiger partial charge in [0.1, 0.15) is 5.75 Å². The van der Waals surface area contributed by atoms with Crippen LogP contribution in [0.2, 0.25) is 0 Å². The van der Waals surface area contributed by atoms with E-state index in [1.165, 1.54) is 5.56 Å². The van der Waals surface area contributed by atoms with Crippen molar-refractivity contribution in [2.45, 2.75) is 37.6 Å². The Bertz CT molecular complexity index is 483. The fraction of sp³-hybridized carbons (Fsp3) is 0.500. The molecule has 0 amide bonds. The minimum absolute atomic E-state index is 0.306. The lowest BCUT2D eigenvalue weighted by molar-refractivity contribution is 0.356. The third-order valence-electron chi connectivity index (χ3n) is 3.92. The first-order valence-electron chi connectivity index (χ1n) is 6.19. The molecule has 1 fully saturated rings. The maximum absolute atomic E-state index is 10.7. The van der Waals surface area contributed by atoms with Crippen LogP contribution in [0.25, 0.3) is 0 Å². The van der Waals surface area contributed by atoms with Gasteiger partial charge >= 0.3 is 0 Å². The number of fused-ring (bicyclic) bond motifs is 1. The lowest BCUT2D eigenvalue weighted by Crippen LogP contribution is -2.18. The number of rotatable bonds is 2. The highest BCUT2D eigenvalue weighted by Gasteiger charge is 2.36. The fourth-order valence-electron chi connectivity index (χ4n) is 2.99. The predicted octanol–water partition coefficient (Wildman–Crippen LogP) is 2.73. The molecule has 1 aromatic rings. The van der Waals surface area contributed by atoms with Crippen molar-refractivity contribution in [3.05, 3.63) is 29.3 Å². The number of carbonyl (C=O) groups excluding carboxylic acids is 1. The van der Waals surface area contributed by atoms with E-state index in [-0.39, 0.29) is 5.54 Å². The van der Waals surface area contributed by atoms with Crippen molar-refractivity contribution < 1.29 is 9.53 Å². The van der Waals surface area contributed by atoms with Gasteiger partial charge in [0.05, 0.1) is 12.1 Å². The van der Waals surface area contributed by atoms with Gasteiger partial charge in [-0.25, -0.2) is 4.79 Å². The second-order valence-corrected chi connectivity index (χ2v) is 4.86.